The molecule has 0 spiro atoms. The first kappa shape index (κ1) is 12.3. The molecule has 0 saturated heterocycles. The molecule has 0 aliphatic heterocycles. The number of carbonyl (C=O) groups excluding carboxylic acids is 1. The molecule has 0 heterocycles. The molecule has 96 valence electrons. The molecular weight excluding hydrogens is 234 g/mol. The topological polar surface area (TPSA) is 84.3 Å². The van der Waals surface area contributed by atoms with Crippen molar-refractivity contribution in [2.24, 2.45) is 0 Å². The van der Waals surface area contributed by atoms with Gasteiger partial charge < -0.3 is 10.6 Å². The number of amides is 1. The highest BCUT2D eigenvalue weighted by Crippen LogP contribution is 2.35. The van der Waals surface area contributed by atoms with Gasteiger partial charge in [0.2, 0.25) is 0 Å². The summed E-state index contributed by atoms with van der Waals surface area (Å²) in [6.45, 7) is 1.96. The van der Waals surface area contributed by atoms with Gasteiger partial charge in [0, 0.05) is 30.4 Å². The fraction of sp³-hybridized carbons (Fsp3) is 0.417. The van der Waals surface area contributed by atoms with E-state index in [4.69, 9.17) is 0 Å². The van der Waals surface area contributed by atoms with Crippen LogP contribution >= 0.6 is 0 Å². The van der Waals surface area contributed by atoms with Crippen LogP contribution in [0.15, 0.2) is 18.2 Å². The number of benzene rings is 1. The van der Waals surface area contributed by atoms with Crippen molar-refractivity contribution in [2.75, 3.05) is 12.4 Å². The van der Waals surface area contributed by atoms with Crippen molar-refractivity contribution in [3.05, 3.63) is 33.9 Å². The maximum Gasteiger partial charge on any atom is 0.270 e. The molecule has 0 bridgehead atoms. The summed E-state index contributed by atoms with van der Waals surface area (Å²) in [5.41, 5.74) is 0.662. The Morgan fingerprint density at radius 3 is 2.61 bits per heavy atom. The SMILES string of the molecule is CNc1ccc([N+](=O)[O-])cc1C(=O)NC1(C)CC1. The summed E-state index contributed by atoms with van der Waals surface area (Å²) in [7, 11) is 1.68. The molecule has 2 rings (SSSR count). The Bertz CT molecular complexity index is 509. The summed E-state index contributed by atoms with van der Waals surface area (Å²) in [5, 5.41) is 16.5. The predicted molar refractivity (Wildman–Crippen MR) is 67.7 cm³/mol. The number of nitro benzene ring substituents is 1. The predicted octanol–water partition coefficient (Wildman–Crippen LogP) is 1.92. The van der Waals surface area contributed by atoms with Crippen LogP contribution in [0.4, 0.5) is 11.4 Å². The third kappa shape index (κ3) is 2.42. The Morgan fingerprint density at radius 1 is 1.44 bits per heavy atom. The number of non-ortho nitro benzene ring substituents is 1. The molecule has 1 aromatic carbocycles. The molecule has 0 atom stereocenters. The van der Waals surface area contributed by atoms with E-state index in [0.29, 0.717) is 11.3 Å². The van der Waals surface area contributed by atoms with E-state index >= 15 is 0 Å². The number of carbonyl (C=O) groups is 1. The molecule has 18 heavy (non-hydrogen) atoms. The van der Waals surface area contributed by atoms with E-state index in [1.807, 2.05) is 6.92 Å². The van der Waals surface area contributed by atoms with Crippen molar-refractivity contribution in [1.82, 2.24) is 5.32 Å². The number of hydrogen-bond donors (Lipinski definition) is 2. The quantitative estimate of drug-likeness (QED) is 0.630. The average Bonchev–Trinajstić information content (AvgIpc) is 3.05. The second kappa shape index (κ2) is 4.29. The molecule has 1 aliphatic carbocycles. The second-order valence-corrected chi connectivity index (χ2v) is 4.75. The molecule has 6 nitrogen and oxygen atoms in total. The van der Waals surface area contributed by atoms with Crippen molar-refractivity contribution in [2.45, 2.75) is 25.3 Å². The summed E-state index contributed by atoms with van der Waals surface area (Å²) in [5.74, 6) is -0.275. The van der Waals surface area contributed by atoms with E-state index in [-0.39, 0.29) is 17.1 Å². The number of rotatable bonds is 4. The number of anilines is 1. The van der Waals surface area contributed by atoms with E-state index in [1.165, 1.54) is 12.1 Å². The zero-order valence-electron chi connectivity index (χ0n) is 10.3. The molecule has 1 amide bonds. The highest BCUT2D eigenvalue weighted by Gasteiger charge is 2.39. The van der Waals surface area contributed by atoms with Gasteiger partial charge in [-0.05, 0) is 25.8 Å². The lowest BCUT2D eigenvalue weighted by atomic mass is 10.1. The maximum atomic E-state index is 12.1. The summed E-state index contributed by atoms with van der Waals surface area (Å²) < 4.78 is 0. The first-order chi connectivity index (χ1) is 8.45. The molecular formula is C12H15N3O3. The van der Waals surface area contributed by atoms with Crippen LogP contribution in [-0.4, -0.2) is 23.4 Å². The fourth-order valence-corrected chi connectivity index (χ4v) is 1.71. The standard InChI is InChI=1S/C12H15N3O3/c1-12(5-6-12)14-11(16)9-7-8(15(17)18)3-4-10(9)13-2/h3-4,7,13H,5-6H2,1-2H3,(H,14,16). The molecule has 0 radical (unpaired) electrons. The molecule has 6 heteroatoms. The minimum absolute atomic E-state index is 0.0832. The van der Waals surface area contributed by atoms with Crippen LogP contribution in [0.2, 0.25) is 0 Å². The Morgan fingerprint density at radius 2 is 2.11 bits per heavy atom. The van der Waals surface area contributed by atoms with Crippen LogP contribution in [-0.2, 0) is 0 Å². The van der Waals surface area contributed by atoms with Crippen LogP contribution < -0.4 is 10.6 Å². The van der Waals surface area contributed by atoms with Gasteiger partial charge in [0.15, 0.2) is 0 Å². The van der Waals surface area contributed by atoms with Crippen LogP contribution in [0.5, 0.6) is 0 Å². The molecule has 1 aromatic rings. The summed E-state index contributed by atoms with van der Waals surface area (Å²) in [4.78, 5) is 22.3. The second-order valence-electron chi connectivity index (χ2n) is 4.75. The minimum atomic E-state index is -0.505. The molecule has 0 aromatic heterocycles. The van der Waals surface area contributed by atoms with Crippen LogP contribution in [0, 0.1) is 10.1 Å². The Balaban J connectivity index is 2.31. The minimum Gasteiger partial charge on any atom is -0.387 e. The van der Waals surface area contributed by atoms with Crippen molar-refractivity contribution >= 4 is 17.3 Å². The van der Waals surface area contributed by atoms with Gasteiger partial charge in [0.1, 0.15) is 0 Å². The lowest BCUT2D eigenvalue weighted by Gasteiger charge is -2.13. The van der Waals surface area contributed by atoms with E-state index < -0.39 is 4.92 Å². The van der Waals surface area contributed by atoms with Gasteiger partial charge in [-0.1, -0.05) is 0 Å². The highest BCUT2D eigenvalue weighted by molar-refractivity contribution is 6.00. The third-order valence-electron chi connectivity index (χ3n) is 3.14. The van der Waals surface area contributed by atoms with E-state index in [2.05, 4.69) is 10.6 Å². The van der Waals surface area contributed by atoms with Gasteiger partial charge in [-0.3, -0.25) is 14.9 Å². The van der Waals surface area contributed by atoms with E-state index in [9.17, 15) is 14.9 Å². The zero-order valence-corrected chi connectivity index (χ0v) is 10.3. The normalized spacial score (nSPS) is 15.9. The van der Waals surface area contributed by atoms with E-state index in [0.717, 1.165) is 12.8 Å². The third-order valence-corrected chi connectivity index (χ3v) is 3.14. The van der Waals surface area contributed by atoms with Gasteiger partial charge in [-0.2, -0.15) is 0 Å². The van der Waals surface area contributed by atoms with Gasteiger partial charge in [-0.15, -0.1) is 0 Å². The highest BCUT2D eigenvalue weighted by atomic mass is 16.6. The van der Waals surface area contributed by atoms with Crippen molar-refractivity contribution in [1.29, 1.82) is 0 Å². The zero-order chi connectivity index (χ0) is 13.3. The van der Waals surface area contributed by atoms with E-state index in [1.54, 1.807) is 13.1 Å². The Labute approximate surface area is 105 Å². The summed E-state index contributed by atoms with van der Waals surface area (Å²) in [6, 6.07) is 4.22. The van der Waals surface area contributed by atoms with Crippen LogP contribution in [0.3, 0.4) is 0 Å². The van der Waals surface area contributed by atoms with Crippen molar-refractivity contribution in [3.63, 3.8) is 0 Å². The molecule has 1 aliphatic rings. The first-order valence-corrected chi connectivity index (χ1v) is 5.74. The van der Waals surface area contributed by atoms with Crippen LogP contribution in [0.25, 0.3) is 0 Å². The average molecular weight is 249 g/mol. The number of nitro groups is 1. The number of nitrogens with zero attached hydrogens (tertiary/aromatic N) is 1. The number of nitrogens with one attached hydrogen (secondary N) is 2. The monoisotopic (exact) mass is 249 g/mol. The molecule has 0 unspecified atom stereocenters. The van der Waals surface area contributed by atoms with Crippen molar-refractivity contribution in [3.8, 4) is 0 Å². The Kier molecular flexibility index (Phi) is 2.94. The largest absolute Gasteiger partial charge is 0.387 e. The van der Waals surface area contributed by atoms with Gasteiger partial charge in [-0.25, -0.2) is 0 Å². The maximum absolute atomic E-state index is 12.1. The Hall–Kier alpha value is -2.11. The summed E-state index contributed by atoms with van der Waals surface area (Å²) in [6.07, 6.45) is 1.89. The number of hydrogen-bond acceptors (Lipinski definition) is 4. The molecule has 2 N–H and O–H groups in total. The van der Waals surface area contributed by atoms with Gasteiger partial charge in [0.05, 0.1) is 10.5 Å². The lowest BCUT2D eigenvalue weighted by Crippen LogP contribution is -2.34. The molecule has 1 fully saturated rings. The summed E-state index contributed by atoms with van der Waals surface area (Å²) >= 11 is 0. The van der Waals surface area contributed by atoms with Gasteiger partial charge >= 0.3 is 0 Å². The molecule has 1 saturated carbocycles. The lowest BCUT2D eigenvalue weighted by molar-refractivity contribution is -0.384. The first-order valence-electron chi connectivity index (χ1n) is 5.74. The van der Waals surface area contributed by atoms with Gasteiger partial charge in [0.25, 0.3) is 11.6 Å². The van der Waals surface area contributed by atoms with Crippen molar-refractivity contribution < 1.29 is 9.72 Å². The fourth-order valence-electron chi connectivity index (χ4n) is 1.71. The van der Waals surface area contributed by atoms with Crippen LogP contribution in [0.1, 0.15) is 30.1 Å². The smallest absolute Gasteiger partial charge is 0.270 e.